The van der Waals surface area contributed by atoms with Crippen molar-refractivity contribution in [1.82, 2.24) is 4.57 Å². The van der Waals surface area contributed by atoms with Crippen LogP contribution in [0.25, 0.3) is 91.1 Å². The molecule has 204 valence electrons. The maximum absolute atomic E-state index is 2.43. The van der Waals surface area contributed by atoms with E-state index in [2.05, 4.69) is 156 Å². The maximum atomic E-state index is 2.43. The highest BCUT2D eigenvalue weighted by atomic mass is 32.1. The number of aromatic nitrogens is 1. The summed E-state index contributed by atoms with van der Waals surface area (Å²) in [5.41, 5.74) is 6.13. The first-order valence-electron chi connectivity index (χ1n) is 15.1. The van der Waals surface area contributed by atoms with Crippen molar-refractivity contribution in [2.75, 3.05) is 0 Å². The summed E-state index contributed by atoms with van der Waals surface area (Å²) in [5, 5.41) is 13.0. The third kappa shape index (κ3) is 3.35. The summed E-state index contributed by atoms with van der Waals surface area (Å²) in [5.74, 6) is 0. The minimum atomic E-state index is 1.20. The van der Waals surface area contributed by atoms with Crippen molar-refractivity contribution in [2.24, 2.45) is 0 Å². The van der Waals surface area contributed by atoms with Gasteiger partial charge in [-0.15, -0.1) is 11.3 Å². The van der Waals surface area contributed by atoms with Crippen LogP contribution in [-0.2, 0) is 0 Å². The second-order valence-corrected chi connectivity index (χ2v) is 12.8. The molecule has 0 radical (unpaired) electrons. The van der Waals surface area contributed by atoms with Gasteiger partial charge in [0, 0.05) is 36.6 Å². The largest absolute Gasteiger partial charge is 0.309 e. The van der Waals surface area contributed by atoms with Crippen molar-refractivity contribution in [1.29, 1.82) is 0 Å². The highest BCUT2D eigenvalue weighted by Crippen LogP contribution is 2.40. The molecule has 0 saturated heterocycles. The van der Waals surface area contributed by atoms with Crippen molar-refractivity contribution in [3.63, 3.8) is 0 Å². The van der Waals surface area contributed by atoms with E-state index in [1.807, 2.05) is 11.3 Å². The second-order valence-electron chi connectivity index (χ2n) is 11.7. The van der Waals surface area contributed by atoms with Gasteiger partial charge >= 0.3 is 0 Å². The summed E-state index contributed by atoms with van der Waals surface area (Å²) in [4.78, 5) is 0. The monoisotopic (exact) mass is 575 g/mol. The average molecular weight is 576 g/mol. The highest BCUT2D eigenvalue weighted by molar-refractivity contribution is 7.25. The van der Waals surface area contributed by atoms with Crippen LogP contribution in [0.5, 0.6) is 0 Å². The minimum absolute atomic E-state index is 1.20. The molecular formula is C42H25NS. The van der Waals surface area contributed by atoms with E-state index >= 15 is 0 Å². The normalized spacial score (nSPS) is 12.1. The zero-order valence-corrected chi connectivity index (χ0v) is 24.6. The van der Waals surface area contributed by atoms with E-state index in [1.165, 1.54) is 91.1 Å². The van der Waals surface area contributed by atoms with E-state index in [1.54, 1.807) is 0 Å². The molecule has 0 unspecified atom stereocenters. The van der Waals surface area contributed by atoms with Crippen molar-refractivity contribution in [3.05, 3.63) is 152 Å². The molecule has 0 fully saturated rings. The molecule has 0 bridgehead atoms. The molecule has 0 saturated carbocycles. The van der Waals surface area contributed by atoms with Gasteiger partial charge in [-0.05, 0) is 92.0 Å². The van der Waals surface area contributed by atoms with E-state index in [4.69, 9.17) is 0 Å². The summed E-state index contributed by atoms with van der Waals surface area (Å²) >= 11 is 1.87. The smallest absolute Gasteiger partial charge is 0.0541 e. The summed E-state index contributed by atoms with van der Waals surface area (Å²) in [7, 11) is 0. The van der Waals surface area contributed by atoms with Crippen LogP contribution in [0.1, 0.15) is 0 Å². The van der Waals surface area contributed by atoms with Gasteiger partial charge in [0.05, 0.1) is 11.0 Å². The zero-order valence-electron chi connectivity index (χ0n) is 23.8. The lowest BCUT2D eigenvalue weighted by molar-refractivity contribution is 1.19. The Labute approximate surface area is 257 Å². The number of nitrogens with zero attached hydrogens (tertiary/aromatic N) is 1. The molecular weight excluding hydrogens is 551 g/mol. The zero-order chi connectivity index (χ0) is 28.8. The van der Waals surface area contributed by atoms with Gasteiger partial charge in [0.2, 0.25) is 0 Å². The highest BCUT2D eigenvalue weighted by Gasteiger charge is 2.15. The molecule has 1 nitrogen and oxygen atoms in total. The number of fused-ring (bicyclic) bond motifs is 12. The van der Waals surface area contributed by atoms with Crippen molar-refractivity contribution in [3.8, 4) is 16.8 Å². The molecule has 8 aromatic carbocycles. The van der Waals surface area contributed by atoms with Gasteiger partial charge in [-0.25, -0.2) is 0 Å². The van der Waals surface area contributed by atoms with E-state index in [9.17, 15) is 0 Å². The molecule has 0 aliphatic heterocycles. The Morgan fingerprint density at radius 1 is 0.318 bits per heavy atom. The molecule has 0 atom stereocenters. The Hall–Kier alpha value is -5.44. The number of para-hydroxylation sites is 1. The fourth-order valence-electron chi connectivity index (χ4n) is 7.37. The SMILES string of the molecule is c1ccc2c(c1)sc1ccc(-n3c4ccccc4c4cc(-c5ccc6c7ccccc7c7ccccc7c6c5)ccc43)cc12. The number of rotatable bonds is 2. The van der Waals surface area contributed by atoms with Crippen molar-refractivity contribution >= 4 is 85.6 Å². The molecule has 0 N–H and O–H groups in total. The quantitative estimate of drug-likeness (QED) is 0.181. The standard InChI is InChI=1S/C42H25NS/c1-2-11-31-29(9-1)30-10-3-4-12-32(30)36-23-26(17-20-33(31)36)27-18-21-40-37(24-27)34-13-5-7-15-39(34)43(40)28-19-22-42-38(25-28)35-14-6-8-16-41(35)44-42/h1-25H. The van der Waals surface area contributed by atoms with Crippen LogP contribution in [0, 0.1) is 0 Å². The molecule has 2 heteroatoms. The van der Waals surface area contributed by atoms with E-state index in [0.717, 1.165) is 0 Å². The van der Waals surface area contributed by atoms with Gasteiger partial charge in [0.1, 0.15) is 0 Å². The van der Waals surface area contributed by atoms with E-state index in [0.29, 0.717) is 0 Å². The Morgan fingerprint density at radius 2 is 0.841 bits per heavy atom. The summed E-state index contributed by atoms with van der Waals surface area (Å²) in [6, 6.07) is 56.0. The molecule has 0 amide bonds. The minimum Gasteiger partial charge on any atom is -0.309 e. The maximum Gasteiger partial charge on any atom is 0.0541 e. The van der Waals surface area contributed by atoms with Gasteiger partial charge in [-0.1, -0.05) is 103 Å². The summed E-state index contributed by atoms with van der Waals surface area (Å²) in [6.45, 7) is 0. The molecule has 2 aromatic heterocycles. The molecule has 0 aliphatic carbocycles. The Morgan fingerprint density at radius 3 is 1.59 bits per heavy atom. The van der Waals surface area contributed by atoms with Gasteiger partial charge in [0.15, 0.2) is 0 Å². The molecule has 10 aromatic rings. The van der Waals surface area contributed by atoms with Gasteiger partial charge in [-0.3, -0.25) is 0 Å². The molecule has 0 spiro atoms. The van der Waals surface area contributed by atoms with Gasteiger partial charge in [0.25, 0.3) is 0 Å². The molecule has 10 rings (SSSR count). The topological polar surface area (TPSA) is 4.93 Å². The third-order valence-electron chi connectivity index (χ3n) is 9.37. The fraction of sp³-hybridized carbons (Fsp3) is 0. The number of hydrogen-bond donors (Lipinski definition) is 0. The summed E-state index contributed by atoms with van der Waals surface area (Å²) < 4.78 is 5.10. The molecule has 0 aliphatic rings. The first-order valence-corrected chi connectivity index (χ1v) is 15.9. The Bertz CT molecular complexity index is 2740. The molecule has 2 heterocycles. The van der Waals surface area contributed by atoms with E-state index in [-0.39, 0.29) is 0 Å². The van der Waals surface area contributed by atoms with Crippen molar-refractivity contribution in [2.45, 2.75) is 0 Å². The third-order valence-corrected chi connectivity index (χ3v) is 10.5. The predicted molar refractivity (Wildman–Crippen MR) is 192 cm³/mol. The van der Waals surface area contributed by atoms with Crippen LogP contribution in [0.2, 0.25) is 0 Å². The van der Waals surface area contributed by atoms with E-state index < -0.39 is 0 Å². The van der Waals surface area contributed by atoms with Gasteiger partial charge in [-0.2, -0.15) is 0 Å². The van der Waals surface area contributed by atoms with Crippen LogP contribution < -0.4 is 0 Å². The first-order chi connectivity index (χ1) is 21.8. The van der Waals surface area contributed by atoms with Crippen LogP contribution in [0.15, 0.2) is 152 Å². The van der Waals surface area contributed by atoms with Crippen molar-refractivity contribution < 1.29 is 0 Å². The fourth-order valence-corrected chi connectivity index (χ4v) is 8.46. The number of benzene rings is 8. The number of thiophene rings is 1. The van der Waals surface area contributed by atoms with Crippen LogP contribution in [-0.4, -0.2) is 4.57 Å². The van der Waals surface area contributed by atoms with Crippen LogP contribution in [0.3, 0.4) is 0 Å². The predicted octanol–water partition coefficient (Wildman–Crippen LogP) is 12.3. The average Bonchev–Trinajstić information content (AvgIpc) is 3.63. The Balaban J connectivity index is 1.21. The molecule has 44 heavy (non-hydrogen) atoms. The van der Waals surface area contributed by atoms with Gasteiger partial charge < -0.3 is 4.57 Å². The number of hydrogen-bond acceptors (Lipinski definition) is 1. The Kier molecular flexibility index (Phi) is 4.94. The second kappa shape index (κ2) is 9.03. The van der Waals surface area contributed by atoms with Crippen LogP contribution >= 0.6 is 11.3 Å². The lowest BCUT2D eigenvalue weighted by atomic mass is 9.92. The summed E-state index contributed by atoms with van der Waals surface area (Å²) in [6.07, 6.45) is 0. The van der Waals surface area contributed by atoms with Crippen LogP contribution in [0.4, 0.5) is 0 Å². The lowest BCUT2D eigenvalue weighted by Gasteiger charge is -2.12. The first kappa shape index (κ1) is 24.0. The lowest BCUT2D eigenvalue weighted by Crippen LogP contribution is -1.93.